The number of hydrogen-bond acceptors (Lipinski definition) is 4. The van der Waals surface area contributed by atoms with Gasteiger partial charge < -0.3 is 10.5 Å². The van der Waals surface area contributed by atoms with Gasteiger partial charge in [-0.25, -0.2) is 0 Å². The van der Waals surface area contributed by atoms with E-state index in [1.807, 2.05) is 6.92 Å². The van der Waals surface area contributed by atoms with Gasteiger partial charge in [-0.2, -0.15) is 0 Å². The van der Waals surface area contributed by atoms with E-state index in [-0.39, 0.29) is 5.97 Å². The lowest BCUT2D eigenvalue weighted by atomic mass is 10.2. The van der Waals surface area contributed by atoms with Crippen LogP contribution < -0.4 is 10.5 Å². The van der Waals surface area contributed by atoms with E-state index in [9.17, 15) is 4.79 Å². The average Bonchev–Trinajstić information content (AvgIpc) is 1.98. The van der Waals surface area contributed by atoms with Crippen molar-refractivity contribution in [1.82, 2.24) is 4.98 Å². The van der Waals surface area contributed by atoms with E-state index in [0.717, 1.165) is 5.69 Å². The lowest BCUT2D eigenvalue weighted by Gasteiger charge is -2.07. The largest absolute Gasteiger partial charge is 0.424 e. The van der Waals surface area contributed by atoms with Crippen molar-refractivity contribution in [1.29, 1.82) is 0 Å². The minimum absolute atomic E-state index is 0.378. The van der Waals surface area contributed by atoms with E-state index < -0.39 is 0 Å². The molecule has 0 aliphatic rings. The predicted octanol–water partition coefficient (Wildman–Crippen LogP) is 1.21. The summed E-state index contributed by atoms with van der Waals surface area (Å²) in [4.78, 5) is 14.8. The molecule has 13 heavy (non-hydrogen) atoms. The summed E-state index contributed by atoms with van der Waals surface area (Å²) in [5, 5.41) is 0. The van der Waals surface area contributed by atoms with Crippen molar-refractivity contribution in [3.8, 4) is 5.75 Å². The van der Waals surface area contributed by atoms with E-state index in [0.29, 0.717) is 17.1 Å². The molecule has 0 aliphatic carbocycles. The van der Waals surface area contributed by atoms with Crippen molar-refractivity contribution in [3.05, 3.63) is 17.5 Å². The quantitative estimate of drug-likeness (QED) is 0.659. The van der Waals surface area contributed by atoms with Crippen LogP contribution in [0, 0.1) is 13.8 Å². The van der Waals surface area contributed by atoms with E-state index in [1.54, 1.807) is 13.0 Å². The number of nitrogens with zero attached hydrogens (tertiary/aromatic N) is 1. The van der Waals surface area contributed by atoms with Gasteiger partial charge in [-0.3, -0.25) is 9.78 Å². The third-order valence-corrected chi connectivity index (χ3v) is 1.59. The van der Waals surface area contributed by atoms with Gasteiger partial charge in [0.2, 0.25) is 0 Å². The van der Waals surface area contributed by atoms with Crippen molar-refractivity contribution >= 4 is 11.7 Å². The van der Waals surface area contributed by atoms with E-state index in [1.165, 1.54) is 6.92 Å². The van der Waals surface area contributed by atoms with Gasteiger partial charge in [0.05, 0.1) is 11.4 Å². The van der Waals surface area contributed by atoms with Gasteiger partial charge in [0.25, 0.3) is 0 Å². The Morgan fingerprint density at radius 3 is 2.69 bits per heavy atom. The van der Waals surface area contributed by atoms with Gasteiger partial charge in [0.15, 0.2) is 5.75 Å². The minimum Gasteiger partial charge on any atom is -0.424 e. The van der Waals surface area contributed by atoms with Gasteiger partial charge in [-0.05, 0) is 13.8 Å². The number of ether oxygens (including phenoxy) is 1. The molecule has 1 aromatic heterocycles. The normalized spacial score (nSPS) is 9.77. The van der Waals surface area contributed by atoms with Crippen LogP contribution in [0.5, 0.6) is 5.75 Å². The van der Waals surface area contributed by atoms with Gasteiger partial charge in [0, 0.05) is 18.7 Å². The Hall–Kier alpha value is -1.58. The highest BCUT2D eigenvalue weighted by molar-refractivity contribution is 5.72. The number of anilines is 1. The number of pyridine rings is 1. The number of rotatable bonds is 1. The maximum absolute atomic E-state index is 10.7. The summed E-state index contributed by atoms with van der Waals surface area (Å²) in [7, 11) is 0. The SMILES string of the molecule is CC(=O)Oc1cc(C)nc(C)c1N. The van der Waals surface area contributed by atoms with E-state index in [4.69, 9.17) is 10.5 Å². The van der Waals surface area contributed by atoms with Gasteiger partial charge in [-0.15, -0.1) is 0 Å². The van der Waals surface area contributed by atoms with Crippen LogP contribution in [0.3, 0.4) is 0 Å². The molecule has 70 valence electrons. The monoisotopic (exact) mass is 180 g/mol. The molecule has 0 aromatic carbocycles. The van der Waals surface area contributed by atoms with E-state index >= 15 is 0 Å². The second-order valence-corrected chi connectivity index (χ2v) is 2.85. The van der Waals surface area contributed by atoms with Crippen LogP contribution in [0.4, 0.5) is 5.69 Å². The summed E-state index contributed by atoms with van der Waals surface area (Å²) >= 11 is 0. The fraction of sp³-hybridized carbons (Fsp3) is 0.333. The number of nitrogens with two attached hydrogens (primary N) is 1. The zero-order valence-corrected chi connectivity index (χ0v) is 7.92. The Bertz CT molecular complexity index is 348. The number of carbonyl (C=O) groups is 1. The minimum atomic E-state index is -0.378. The zero-order chi connectivity index (χ0) is 10.0. The Morgan fingerprint density at radius 2 is 2.15 bits per heavy atom. The highest BCUT2D eigenvalue weighted by Gasteiger charge is 2.07. The molecule has 1 heterocycles. The molecule has 0 fully saturated rings. The lowest BCUT2D eigenvalue weighted by molar-refractivity contribution is -0.131. The molecular weight excluding hydrogens is 168 g/mol. The van der Waals surface area contributed by atoms with Gasteiger partial charge in [-0.1, -0.05) is 0 Å². The van der Waals surface area contributed by atoms with Gasteiger partial charge >= 0.3 is 5.97 Å². The molecular formula is C9H12N2O2. The Morgan fingerprint density at radius 1 is 1.54 bits per heavy atom. The second kappa shape index (κ2) is 3.43. The van der Waals surface area contributed by atoms with E-state index in [2.05, 4.69) is 4.98 Å². The number of hydrogen-bond donors (Lipinski definition) is 1. The molecule has 4 heteroatoms. The maximum atomic E-state index is 10.7. The first-order valence-electron chi connectivity index (χ1n) is 3.93. The molecule has 1 rings (SSSR count). The first-order valence-corrected chi connectivity index (χ1v) is 3.93. The van der Waals surface area contributed by atoms with Crippen LogP contribution in [0.25, 0.3) is 0 Å². The third-order valence-electron chi connectivity index (χ3n) is 1.59. The van der Waals surface area contributed by atoms with Gasteiger partial charge in [0.1, 0.15) is 0 Å². The molecule has 0 amide bonds. The standard InChI is InChI=1S/C9H12N2O2/c1-5-4-8(13-7(3)12)9(10)6(2)11-5/h4H,10H2,1-3H3. The number of esters is 1. The average molecular weight is 180 g/mol. The molecule has 0 unspecified atom stereocenters. The molecule has 4 nitrogen and oxygen atoms in total. The number of carbonyl (C=O) groups excluding carboxylic acids is 1. The van der Waals surface area contributed by atoms with Crippen LogP contribution in [0.2, 0.25) is 0 Å². The number of aromatic nitrogens is 1. The summed E-state index contributed by atoms with van der Waals surface area (Å²) in [6.45, 7) is 4.93. The molecule has 0 saturated carbocycles. The van der Waals surface area contributed by atoms with Crippen molar-refractivity contribution in [2.24, 2.45) is 0 Å². The van der Waals surface area contributed by atoms with Crippen LogP contribution in [-0.4, -0.2) is 11.0 Å². The van der Waals surface area contributed by atoms with Crippen molar-refractivity contribution in [2.45, 2.75) is 20.8 Å². The molecule has 0 saturated heterocycles. The number of nitrogen functional groups attached to an aromatic ring is 1. The Balaban J connectivity index is 3.12. The van der Waals surface area contributed by atoms with Crippen LogP contribution in [0.15, 0.2) is 6.07 Å². The fourth-order valence-corrected chi connectivity index (χ4v) is 1.04. The van der Waals surface area contributed by atoms with Crippen LogP contribution >= 0.6 is 0 Å². The van der Waals surface area contributed by atoms with Crippen LogP contribution in [-0.2, 0) is 4.79 Å². The molecule has 0 radical (unpaired) electrons. The first kappa shape index (κ1) is 9.51. The Labute approximate surface area is 76.7 Å². The number of aryl methyl sites for hydroxylation is 2. The summed E-state index contributed by atoms with van der Waals surface area (Å²) in [5.41, 5.74) is 7.54. The smallest absolute Gasteiger partial charge is 0.308 e. The van der Waals surface area contributed by atoms with Crippen LogP contribution in [0.1, 0.15) is 18.3 Å². The summed E-state index contributed by atoms with van der Waals surface area (Å²) in [5.74, 6) is 0.00852. The third kappa shape index (κ3) is 2.18. The highest BCUT2D eigenvalue weighted by Crippen LogP contribution is 2.24. The molecule has 0 bridgehead atoms. The maximum Gasteiger partial charge on any atom is 0.308 e. The first-order chi connectivity index (χ1) is 6.00. The van der Waals surface area contributed by atoms with Crippen molar-refractivity contribution < 1.29 is 9.53 Å². The van der Waals surface area contributed by atoms with Crippen molar-refractivity contribution in [2.75, 3.05) is 5.73 Å². The van der Waals surface area contributed by atoms with Crippen molar-refractivity contribution in [3.63, 3.8) is 0 Å². The Kier molecular flexibility index (Phi) is 2.51. The molecule has 1 aromatic rings. The molecule has 2 N–H and O–H groups in total. The predicted molar refractivity (Wildman–Crippen MR) is 49.4 cm³/mol. The zero-order valence-electron chi connectivity index (χ0n) is 7.92. The lowest BCUT2D eigenvalue weighted by Crippen LogP contribution is -2.06. The molecule has 0 spiro atoms. The summed E-state index contributed by atoms with van der Waals surface area (Å²) in [6.07, 6.45) is 0. The summed E-state index contributed by atoms with van der Waals surface area (Å²) < 4.78 is 4.90. The fourth-order valence-electron chi connectivity index (χ4n) is 1.04. The molecule has 0 atom stereocenters. The summed E-state index contributed by atoms with van der Waals surface area (Å²) in [6, 6.07) is 1.64. The highest BCUT2D eigenvalue weighted by atomic mass is 16.5. The molecule has 0 aliphatic heterocycles. The second-order valence-electron chi connectivity index (χ2n) is 2.85. The topological polar surface area (TPSA) is 65.2 Å².